The van der Waals surface area contributed by atoms with Crippen molar-refractivity contribution in [1.29, 1.82) is 0 Å². The molecule has 112 valence electrons. The predicted octanol–water partition coefficient (Wildman–Crippen LogP) is 3.05. The Morgan fingerprint density at radius 1 is 0.913 bits per heavy atom. The van der Waals surface area contributed by atoms with E-state index in [-0.39, 0.29) is 5.82 Å². The lowest BCUT2D eigenvalue weighted by Crippen LogP contribution is -2.44. The van der Waals surface area contributed by atoms with Gasteiger partial charge in [-0.15, -0.1) is 11.3 Å². The number of rotatable bonds is 1. The van der Waals surface area contributed by atoms with Gasteiger partial charge in [-0.05, 0) is 41.5 Å². The summed E-state index contributed by atoms with van der Waals surface area (Å²) in [4.78, 5) is 1.09. The molecule has 23 heavy (non-hydrogen) atoms. The van der Waals surface area contributed by atoms with Gasteiger partial charge in [0.15, 0.2) is 5.36 Å². The van der Waals surface area contributed by atoms with Crippen molar-refractivity contribution in [1.82, 2.24) is 0 Å². The van der Waals surface area contributed by atoms with Gasteiger partial charge >= 0.3 is 0 Å². The van der Waals surface area contributed by atoms with Crippen LogP contribution in [0.5, 0.6) is 0 Å². The zero-order chi connectivity index (χ0) is 16.0. The normalized spacial score (nSPS) is 11.2. The Kier molecular flexibility index (Phi) is 3.13. The Hall–Kier alpha value is -2.72. The molecule has 0 bridgehead atoms. The molecule has 4 N–H and O–H groups in total. The largest absolute Gasteiger partial charge is 0.399 e. The van der Waals surface area contributed by atoms with Gasteiger partial charge < -0.3 is 5.73 Å². The van der Waals surface area contributed by atoms with Crippen LogP contribution in [0.1, 0.15) is 0 Å². The topological polar surface area (TPSA) is 51.6 Å². The van der Waals surface area contributed by atoms with Gasteiger partial charge in [-0.1, -0.05) is 18.2 Å². The van der Waals surface area contributed by atoms with E-state index in [4.69, 9.17) is 11.1 Å². The lowest BCUT2D eigenvalue weighted by Gasteiger charge is -2.15. The lowest BCUT2D eigenvalue weighted by atomic mass is 9.95. The third-order valence-corrected chi connectivity index (χ3v) is 5.02. The number of benzene rings is 3. The smallest absolute Gasteiger partial charge is 0.198 e. The highest BCUT2D eigenvalue weighted by Crippen LogP contribution is 2.43. The number of anilines is 1. The number of nitrogen functional groups attached to an aromatic ring is 1. The SMILES string of the molecule is Nc1ccc2c(-c3ccc(F)cc3)c3ccc(=[NH2+])cc-3sc2c1. The summed E-state index contributed by atoms with van der Waals surface area (Å²) in [6.45, 7) is 0. The fourth-order valence-corrected chi connectivity index (χ4v) is 4.04. The molecule has 1 aliphatic carbocycles. The van der Waals surface area contributed by atoms with Crippen LogP contribution >= 0.6 is 11.3 Å². The van der Waals surface area contributed by atoms with E-state index in [0.29, 0.717) is 0 Å². The number of halogens is 1. The average molecular weight is 321 g/mol. The second kappa shape index (κ2) is 5.18. The molecule has 0 amide bonds. The molecule has 0 radical (unpaired) electrons. The first-order valence-electron chi connectivity index (χ1n) is 7.22. The predicted molar refractivity (Wildman–Crippen MR) is 93.3 cm³/mol. The molecule has 2 aliphatic rings. The second-order valence-electron chi connectivity index (χ2n) is 5.50. The van der Waals surface area contributed by atoms with Crippen LogP contribution < -0.4 is 16.5 Å². The highest BCUT2D eigenvalue weighted by molar-refractivity contribution is 7.21. The minimum absolute atomic E-state index is 0.241. The van der Waals surface area contributed by atoms with Crippen LogP contribution in [0.4, 0.5) is 10.1 Å². The second-order valence-corrected chi connectivity index (χ2v) is 6.58. The van der Waals surface area contributed by atoms with Gasteiger partial charge in [-0.25, -0.2) is 4.39 Å². The van der Waals surface area contributed by atoms with Crippen LogP contribution in [0.25, 0.3) is 31.7 Å². The third-order valence-electron chi connectivity index (χ3n) is 3.90. The summed E-state index contributed by atoms with van der Waals surface area (Å²) in [6.07, 6.45) is 0. The highest BCUT2D eigenvalue weighted by Gasteiger charge is 2.16. The van der Waals surface area contributed by atoms with Crippen molar-refractivity contribution >= 4 is 27.1 Å². The van der Waals surface area contributed by atoms with Crippen molar-refractivity contribution in [2.24, 2.45) is 0 Å². The van der Waals surface area contributed by atoms with E-state index in [1.54, 1.807) is 23.5 Å². The van der Waals surface area contributed by atoms with E-state index in [0.717, 1.165) is 42.7 Å². The van der Waals surface area contributed by atoms with Crippen LogP contribution in [0, 0.1) is 5.82 Å². The Bertz CT molecular complexity index is 1050. The summed E-state index contributed by atoms with van der Waals surface area (Å²) in [7, 11) is 0. The van der Waals surface area contributed by atoms with Crippen molar-refractivity contribution in [2.45, 2.75) is 0 Å². The first kappa shape index (κ1) is 13.9. The maximum atomic E-state index is 13.3. The minimum atomic E-state index is -0.241. The van der Waals surface area contributed by atoms with Gasteiger partial charge in [0.1, 0.15) is 5.82 Å². The van der Waals surface area contributed by atoms with Gasteiger partial charge in [0, 0.05) is 38.3 Å². The highest BCUT2D eigenvalue weighted by atomic mass is 32.1. The molecule has 2 nitrogen and oxygen atoms in total. The van der Waals surface area contributed by atoms with Crippen molar-refractivity contribution in [3.05, 3.63) is 71.8 Å². The summed E-state index contributed by atoms with van der Waals surface area (Å²) < 4.78 is 14.4. The molecule has 0 saturated carbocycles. The summed E-state index contributed by atoms with van der Waals surface area (Å²) >= 11 is 1.66. The molecule has 1 heterocycles. The zero-order valence-electron chi connectivity index (χ0n) is 12.2. The molecule has 0 fully saturated rings. The standard InChI is InChI=1S/C19H13FN2S/c20-12-3-1-11(2-4-12)19-15-7-5-13(21)9-17(15)23-18-10-14(22)6-8-16(18)19/h1-10,21H,22H2/p+1. The molecule has 0 saturated heterocycles. The van der Waals surface area contributed by atoms with Gasteiger partial charge in [-0.2, -0.15) is 0 Å². The van der Waals surface area contributed by atoms with Crippen molar-refractivity contribution < 1.29 is 9.80 Å². The van der Waals surface area contributed by atoms with Gasteiger partial charge in [-0.3, -0.25) is 5.41 Å². The summed E-state index contributed by atoms with van der Waals surface area (Å²) in [5.41, 5.74) is 9.82. The lowest BCUT2D eigenvalue weighted by molar-refractivity contribution is -0.172. The number of hydrogen-bond donors (Lipinski definition) is 2. The molecule has 0 atom stereocenters. The fraction of sp³-hybridized carbons (Fsp3) is 0. The molecule has 4 heteroatoms. The van der Waals surface area contributed by atoms with Crippen LogP contribution in [0.2, 0.25) is 0 Å². The number of fused-ring (bicyclic) bond motifs is 2. The van der Waals surface area contributed by atoms with Crippen LogP contribution in [0.15, 0.2) is 60.7 Å². The minimum Gasteiger partial charge on any atom is -0.399 e. The molecule has 1 aliphatic heterocycles. The maximum absolute atomic E-state index is 13.3. The quantitative estimate of drug-likeness (QED) is 0.411. The van der Waals surface area contributed by atoms with Crippen LogP contribution in [-0.2, 0) is 0 Å². The van der Waals surface area contributed by atoms with Crippen molar-refractivity contribution in [2.75, 3.05) is 5.73 Å². The summed E-state index contributed by atoms with van der Waals surface area (Å²) in [5.74, 6) is -0.241. The Labute approximate surface area is 136 Å². The zero-order valence-corrected chi connectivity index (χ0v) is 13.0. The summed E-state index contributed by atoms with van der Waals surface area (Å²) in [5, 5.41) is 7.77. The van der Waals surface area contributed by atoms with E-state index >= 15 is 0 Å². The van der Waals surface area contributed by atoms with Gasteiger partial charge in [0.2, 0.25) is 0 Å². The third kappa shape index (κ3) is 2.37. The first-order chi connectivity index (χ1) is 11.1. The van der Waals surface area contributed by atoms with E-state index in [1.807, 2.05) is 36.4 Å². The van der Waals surface area contributed by atoms with E-state index in [2.05, 4.69) is 0 Å². The molecule has 0 spiro atoms. The van der Waals surface area contributed by atoms with E-state index < -0.39 is 0 Å². The Morgan fingerprint density at radius 2 is 1.70 bits per heavy atom. The van der Waals surface area contributed by atoms with Crippen molar-refractivity contribution in [3.63, 3.8) is 0 Å². The van der Waals surface area contributed by atoms with Crippen molar-refractivity contribution in [3.8, 4) is 21.6 Å². The molecular formula is C19H14FN2S+. The van der Waals surface area contributed by atoms with Crippen LogP contribution in [-0.4, -0.2) is 0 Å². The molecule has 2 aromatic rings. The Balaban J connectivity index is 2.17. The molecule has 0 unspecified atom stereocenters. The molecule has 2 aromatic carbocycles. The maximum Gasteiger partial charge on any atom is 0.198 e. The van der Waals surface area contributed by atoms with Gasteiger partial charge in [0.05, 0.1) is 0 Å². The molecular weight excluding hydrogens is 307 g/mol. The average Bonchev–Trinajstić information content (AvgIpc) is 2.53. The molecule has 0 aromatic heterocycles. The fourth-order valence-electron chi connectivity index (χ4n) is 2.85. The van der Waals surface area contributed by atoms with Crippen LogP contribution in [0.3, 0.4) is 0 Å². The van der Waals surface area contributed by atoms with Gasteiger partial charge in [0.25, 0.3) is 0 Å². The summed E-state index contributed by atoms with van der Waals surface area (Å²) in [6, 6.07) is 18.4. The first-order valence-corrected chi connectivity index (χ1v) is 8.04. The molecule has 4 rings (SSSR count). The monoisotopic (exact) mass is 321 g/mol. The number of hydrogen-bond acceptors (Lipinski definition) is 2. The van der Waals surface area contributed by atoms with E-state index in [1.165, 1.54) is 12.1 Å². The Morgan fingerprint density at radius 3 is 2.48 bits per heavy atom. The number of nitrogens with two attached hydrogens (primary N) is 2. The van der Waals surface area contributed by atoms with E-state index in [9.17, 15) is 4.39 Å².